The quantitative estimate of drug-likeness (QED) is 0.0916. The van der Waals surface area contributed by atoms with Crippen LogP contribution in [0, 0.1) is 17.3 Å². The first-order valence-corrected chi connectivity index (χ1v) is 13.0. The number of benzene rings is 1. The number of halogens is 1. The number of thioether (sulfide) groups is 1. The fourth-order valence-electron chi connectivity index (χ4n) is 3.05. The maximum atomic E-state index is 13.3. The number of aromatic nitrogens is 2. The molecule has 0 amide bonds. The number of nitrogens with two attached hydrogens (primary N) is 2. The predicted molar refractivity (Wildman–Crippen MR) is 144 cm³/mol. The van der Waals surface area contributed by atoms with Crippen LogP contribution in [0.4, 0.5) is 15.3 Å². The number of pyridine rings is 1. The van der Waals surface area contributed by atoms with E-state index in [-0.39, 0.29) is 11.8 Å². The summed E-state index contributed by atoms with van der Waals surface area (Å²) in [6.45, 7) is 2.20. The van der Waals surface area contributed by atoms with Crippen molar-refractivity contribution < 1.29 is 4.39 Å². The lowest BCUT2D eigenvalue weighted by molar-refractivity contribution is 0.626. The van der Waals surface area contributed by atoms with Gasteiger partial charge in [-0.15, -0.1) is 11.3 Å². The van der Waals surface area contributed by atoms with Gasteiger partial charge in [-0.1, -0.05) is 18.2 Å². The average Bonchev–Trinajstić information content (AvgIpc) is 3.31. The van der Waals surface area contributed by atoms with Crippen LogP contribution in [0.3, 0.4) is 0 Å². The smallest absolute Gasteiger partial charge is 0.212 e. The van der Waals surface area contributed by atoms with Gasteiger partial charge in [0.15, 0.2) is 12.2 Å². The SMILES string of the molecule is N#CNC(=NCCSCc1csc(N=C(N)N)n1)NCCN(Cc1ccc(F)cc1)c1ccccn1. The Kier molecular flexibility index (Phi) is 10.8. The van der Waals surface area contributed by atoms with E-state index in [9.17, 15) is 4.39 Å². The van der Waals surface area contributed by atoms with E-state index in [2.05, 4.69) is 35.5 Å². The fourth-order valence-corrected chi connectivity index (χ4v) is 4.58. The Hall–Kier alpha value is -3.89. The molecule has 0 atom stereocenters. The standard InChI is InChI=1S/C23H27FN10S2/c24-18-6-4-17(5-7-18)13-34(20-3-1-2-8-28-20)11-9-29-22(31-16-25)30-10-12-35-14-19-15-36-23(32-19)33-21(26)27/h1-8,15H,9-14H2,(H2,29,30,31)(H4,26,27,32,33). The van der Waals surface area contributed by atoms with Crippen LogP contribution in [0.25, 0.3) is 0 Å². The maximum absolute atomic E-state index is 13.3. The molecule has 2 heterocycles. The van der Waals surface area contributed by atoms with Gasteiger partial charge in [-0.05, 0) is 29.8 Å². The van der Waals surface area contributed by atoms with Gasteiger partial charge in [0, 0.05) is 42.7 Å². The van der Waals surface area contributed by atoms with Crippen molar-refractivity contribution in [2.24, 2.45) is 21.5 Å². The summed E-state index contributed by atoms with van der Waals surface area (Å²) in [7, 11) is 0. The monoisotopic (exact) mass is 526 g/mol. The van der Waals surface area contributed by atoms with Crippen molar-refractivity contribution in [1.29, 1.82) is 5.26 Å². The lowest BCUT2D eigenvalue weighted by Crippen LogP contribution is -2.40. The van der Waals surface area contributed by atoms with E-state index in [1.54, 1.807) is 30.1 Å². The zero-order valence-corrected chi connectivity index (χ0v) is 21.1. The minimum absolute atomic E-state index is 0.0125. The Labute approximate surface area is 217 Å². The fraction of sp³-hybridized carbons (Fsp3) is 0.261. The zero-order chi connectivity index (χ0) is 25.6. The molecule has 0 saturated heterocycles. The lowest BCUT2D eigenvalue weighted by atomic mass is 10.2. The highest BCUT2D eigenvalue weighted by molar-refractivity contribution is 7.98. The molecule has 1 aromatic carbocycles. The maximum Gasteiger partial charge on any atom is 0.212 e. The van der Waals surface area contributed by atoms with Crippen molar-refractivity contribution in [3.05, 3.63) is 71.1 Å². The summed E-state index contributed by atoms with van der Waals surface area (Å²) < 4.78 is 13.3. The molecule has 0 aliphatic rings. The Morgan fingerprint density at radius 3 is 2.78 bits per heavy atom. The minimum Gasteiger partial charge on any atom is -0.370 e. The van der Waals surface area contributed by atoms with Gasteiger partial charge in [0.05, 0.1) is 12.2 Å². The third-order valence-corrected chi connectivity index (χ3v) is 6.38. The summed E-state index contributed by atoms with van der Waals surface area (Å²) in [6.07, 6.45) is 3.65. The van der Waals surface area contributed by atoms with Crippen LogP contribution >= 0.6 is 23.1 Å². The first-order valence-electron chi connectivity index (χ1n) is 11.0. The summed E-state index contributed by atoms with van der Waals surface area (Å²) >= 11 is 3.05. The number of anilines is 1. The molecule has 0 radical (unpaired) electrons. The van der Waals surface area contributed by atoms with Gasteiger partial charge in [0.1, 0.15) is 11.6 Å². The average molecular weight is 527 g/mol. The summed E-state index contributed by atoms with van der Waals surface area (Å²) in [5, 5.41) is 17.3. The van der Waals surface area contributed by atoms with Gasteiger partial charge in [0.2, 0.25) is 11.1 Å². The molecule has 6 N–H and O–H groups in total. The number of aliphatic imine (C=N–C) groups is 2. The topological polar surface area (TPSA) is 154 Å². The molecule has 0 aliphatic heterocycles. The highest BCUT2D eigenvalue weighted by atomic mass is 32.2. The van der Waals surface area contributed by atoms with E-state index < -0.39 is 0 Å². The van der Waals surface area contributed by atoms with Gasteiger partial charge >= 0.3 is 0 Å². The van der Waals surface area contributed by atoms with Crippen LogP contribution in [0.5, 0.6) is 0 Å². The molecule has 13 heteroatoms. The minimum atomic E-state index is -0.270. The van der Waals surface area contributed by atoms with E-state index in [1.165, 1.54) is 23.5 Å². The van der Waals surface area contributed by atoms with E-state index in [0.717, 1.165) is 22.8 Å². The molecule has 0 spiro atoms. The number of rotatable bonds is 12. The molecule has 0 saturated carbocycles. The summed E-state index contributed by atoms with van der Waals surface area (Å²) in [6, 6.07) is 12.1. The second-order valence-electron chi connectivity index (χ2n) is 7.34. The number of nitriles is 1. The van der Waals surface area contributed by atoms with Gasteiger partial charge in [-0.2, -0.15) is 22.0 Å². The molecule has 188 valence electrons. The van der Waals surface area contributed by atoms with Crippen molar-refractivity contribution in [3.8, 4) is 6.19 Å². The van der Waals surface area contributed by atoms with Crippen LogP contribution in [0.2, 0.25) is 0 Å². The van der Waals surface area contributed by atoms with Crippen molar-refractivity contribution >= 4 is 46.0 Å². The molecule has 0 bridgehead atoms. The first kappa shape index (κ1) is 26.7. The van der Waals surface area contributed by atoms with Gasteiger partial charge in [-0.3, -0.25) is 10.3 Å². The van der Waals surface area contributed by atoms with E-state index >= 15 is 0 Å². The molecule has 36 heavy (non-hydrogen) atoms. The number of hydrogen-bond donors (Lipinski definition) is 4. The van der Waals surface area contributed by atoms with Crippen LogP contribution in [0.15, 0.2) is 64.0 Å². The third kappa shape index (κ3) is 9.40. The van der Waals surface area contributed by atoms with E-state index in [0.29, 0.717) is 43.0 Å². The van der Waals surface area contributed by atoms with Gasteiger partial charge in [-0.25, -0.2) is 14.4 Å². The molecule has 0 fully saturated rings. The van der Waals surface area contributed by atoms with Crippen LogP contribution in [-0.2, 0) is 12.3 Å². The number of nitrogens with one attached hydrogen (secondary N) is 2. The van der Waals surface area contributed by atoms with Crippen molar-refractivity contribution in [1.82, 2.24) is 20.6 Å². The molecule has 2 aromatic heterocycles. The highest BCUT2D eigenvalue weighted by Crippen LogP contribution is 2.21. The Balaban J connectivity index is 1.48. The first-order chi connectivity index (χ1) is 17.5. The number of guanidine groups is 2. The highest BCUT2D eigenvalue weighted by Gasteiger charge is 2.09. The molecular formula is C23H27FN10S2. The second-order valence-corrected chi connectivity index (χ2v) is 9.28. The van der Waals surface area contributed by atoms with Crippen molar-refractivity contribution in [2.75, 3.05) is 30.3 Å². The summed E-state index contributed by atoms with van der Waals surface area (Å²) in [5.41, 5.74) is 12.6. The van der Waals surface area contributed by atoms with Gasteiger partial charge < -0.3 is 21.7 Å². The largest absolute Gasteiger partial charge is 0.370 e. The molecule has 3 aromatic rings. The Bertz CT molecular complexity index is 1170. The predicted octanol–water partition coefficient (Wildman–Crippen LogP) is 2.54. The summed E-state index contributed by atoms with van der Waals surface area (Å²) in [5.74, 6) is 2.39. The second kappa shape index (κ2) is 14.5. The number of hydrogen-bond acceptors (Lipinski definition) is 8. The van der Waals surface area contributed by atoms with Crippen molar-refractivity contribution in [2.45, 2.75) is 12.3 Å². The van der Waals surface area contributed by atoms with Crippen LogP contribution in [0.1, 0.15) is 11.3 Å². The number of thiazole rings is 1. The van der Waals surface area contributed by atoms with E-state index in [1.807, 2.05) is 29.8 Å². The molecule has 0 unspecified atom stereocenters. The Morgan fingerprint density at radius 2 is 2.06 bits per heavy atom. The van der Waals surface area contributed by atoms with Gasteiger partial charge in [0.25, 0.3) is 0 Å². The third-order valence-electron chi connectivity index (χ3n) is 4.63. The molecule has 0 aliphatic carbocycles. The van der Waals surface area contributed by atoms with Crippen LogP contribution in [-0.4, -0.2) is 47.3 Å². The van der Waals surface area contributed by atoms with Crippen LogP contribution < -0.4 is 27.0 Å². The molecule has 10 nitrogen and oxygen atoms in total. The number of nitrogens with zero attached hydrogens (tertiary/aromatic N) is 6. The lowest BCUT2D eigenvalue weighted by Gasteiger charge is -2.24. The molecular weight excluding hydrogens is 499 g/mol. The summed E-state index contributed by atoms with van der Waals surface area (Å²) in [4.78, 5) is 19.2. The zero-order valence-electron chi connectivity index (χ0n) is 19.5. The van der Waals surface area contributed by atoms with E-state index in [4.69, 9.17) is 16.7 Å². The Morgan fingerprint density at radius 1 is 1.22 bits per heavy atom. The van der Waals surface area contributed by atoms with Crippen molar-refractivity contribution in [3.63, 3.8) is 0 Å². The molecule has 3 rings (SSSR count). The normalized spacial score (nSPS) is 10.9.